The number of ether oxygens (including phenoxy) is 2. The Labute approximate surface area is 172 Å². The third kappa shape index (κ3) is 4.83. The molecule has 8 heteroatoms. The molecule has 0 aliphatic carbocycles. The molecular formula is C21H17ClN2O5. The number of nitrogens with zero attached hydrogens (tertiary/aromatic N) is 1. The van der Waals surface area contributed by atoms with Gasteiger partial charge < -0.3 is 14.8 Å². The molecule has 148 valence electrons. The number of hydrogen-bond donors (Lipinski definition) is 1. The second kappa shape index (κ2) is 9.07. The van der Waals surface area contributed by atoms with Crippen LogP contribution in [0, 0.1) is 10.1 Å². The molecule has 0 aliphatic rings. The summed E-state index contributed by atoms with van der Waals surface area (Å²) in [7, 11) is 1.49. The molecule has 0 aliphatic heterocycles. The molecular weight excluding hydrogens is 396 g/mol. The first kappa shape index (κ1) is 20.2. The molecule has 1 amide bonds. The maximum Gasteiger partial charge on any atom is 0.310 e. The molecule has 7 nitrogen and oxygen atoms in total. The molecule has 1 N–H and O–H groups in total. The van der Waals surface area contributed by atoms with E-state index in [1.165, 1.54) is 25.3 Å². The number of carbonyl (C=O) groups excluding carboxylic acids is 1. The molecule has 3 aromatic rings. The number of amides is 1. The molecule has 0 heterocycles. The van der Waals surface area contributed by atoms with Gasteiger partial charge in [0.05, 0.1) is 17.1 Å². The number of nitro benzene ring substituents is 1. The van der Waals surface area contributed by atoms with E-state index < -0.39 is 16.9 Å². The van der Waals surface area contributed by atoms with Crippen molar-refractivity contribution in [1.82, 2.24) is 0 Å². The van der Waals surface area contributed by atoms with Gasteiger partial charge >= 0.3 is 5.69 Å². The summed E-state index contributed by atoms with van der Waals surface area (Å²) in [5.41, 5.74) is 0.754. The molecule has 29 heavy (non-hydrogen) atoms. The number of halogens is 1. The number of hydrogen-bond acceptors (Lipinski definition) is 5. The molecule has 3 rings (SSSR count). The van der Waals surface area contributed by atoms with Crippen LogP contribution in [0.15, 0.2) is 72.8 Å². The third-order valence-electron chi connectivity index (χ3n) is 4.07. The molecule has 3 aromatic carbocycles. The van der Waals surface area contributed by atoms with Gasteiger partial charge in [0.25, 0.3) is 5.91 Å². The highest BCUT2D eigenvalue weighted by atomic mass is 35.5. The number of anilines is 1. The lowest BCUT2D eigenvalue weighted by Gasteiger charge is -2.19. The first-order chi connectivity index (χ1) is 14.0. The monoisotopic (exact) mass is 412 g/mol. The Morgan fingerprint density at radius 1 is 1.03 bits per heavy atom. The molecule has 0 saturated heterocycles. The van der Waals surface area contributed by atoms with Gasteiger partial charge in [-0.2, -0.15) is 0 Å². The smallest absolute Gasteiger partial charge is 0.310 e. The maximum atomic E-state index is 13.0. The fourth-order valence-corrected chi connectivity index (χ4v) is 2.95. The lowest BCUT2D eigenvalue weighted by Crippen LogP contribution is -2.26. The van der Waals surface area contributed by atoms with Crippen molar-refractivity contribution in [3.8, 4) is 11.5 Å². The summed E-state index contributed by atoms with van der Waals surface area (Å²) in [4.78, 5) is 23.7. The summed E-state index contributed by atoms with van der Waals surface area (Å²) >= 11 is 6.11. The van der Waals surface area contributed by atoms with Crippen LogP contribution in [0.3, 0.4) is 0 Å². The van der Waals surface area contributed by atoms with E-state index in [1.807, 2.05) is 0 Å². The number of benzene rings is 3. The van der Waals surface area contributed by atoms with Crippen LogP contribution < -0.4 is 14.8 Å². The van der Waals surface area contributed by atoms with E-state index in [2.05, 4.69) is 5.32 Å². The van der Waals surface area contributed by atoms with E-state index in [4.69, 9.17) is 21.1 Å². The molecule has 1 atom stereocenters. The van der Waals surface area contributed by atoms with E-state index in [1.54, 1.807) is 54.6 Å². The quantitative estimate of drug-likeness (QED) is 0.434. The van der Waals surface area contributed by atoms with Gasteiger partial charge in [-0.3, -0.25) is 14.9 Å². The molecule has 0 spiro atoms. The zero-order chi connectivity index (χ0) is 20.8. The minimum atomic E-state index is -1.11. The molecule has 0 fully saturated rings. The Hall–Kier alpha value is -3.58. The predicted octanol–water partition coefficient (Wildman–Crippen LogP) is 5.02. The average Bonchev–Trinajstić information content (AvgIpc) is 2.73. The summed E-state index contributed by atoms with van der Waals surface area (Å²) in [6.07, 6.45) is -1.11. The van der Waals surface area contributed by atoms with Crippen LogP contribution in [-0.4, -0.2) is 17.9 Å². The van der Waals surface area contributed by atoms with Crippen LogP contribution in [0.5, 0.6) is 11.5 Å². The van der Waals surface area contributed by atoms with Gasteiger partial charge in [0, 0.05) is 17.3 Å². The number of methoxy groups -OCH3 is 1. The number of nitro groups is 1. The van der Waals surface area contributed by atoms with Crippen molar-refractivity contribution in [2.75, 3.05) is 12.4 Å². The Kier molecular flexibility index (Phi) is 6.31. The number of rotatable bonds is 7. The van der Waals surface area contributed by atoms with Gasteiger partial charge in [-0.1, -0.05) is 54.1 Å². The lowest BCUT2D eigenvalue weighted by atomic mass is 10.1. The van der Waals surface area contributed by atoms with E-state index in [-0.39, 0.29) is 11.4 Å². The fraction of sp³-hybridized carbons (Fsp3) is 0.0952. The minimum Gasteiger partial charge on any atom is -0.495 e. The summed E-state index contributed by atoms with van der Waals surface area (Å²) in [5, 5.41) is 14.4. The topological polar surface area (TPSA) is 90.7 Å². The summed E-state index contributed by atoms with van der Waals surface area (Å²) in [6, 6.07) is 19.4. The van der Waals surface area contributed by atoms with Gasteiger partial charge in [-0.25, -0.2) is 0 Å². The Balaban J connectivity index is 1.91. The zero-order valence-electron chi connectivity index (χ0n) is 15.4. The van der Waals surface area contributed by atoms with Crippen LogP contribution in [0.2, 0.25) is 5.02 Å². The molecule has 0 saturated carbocycles. The first-order valence-electron chi connectivity index (χ1n) is 8.59. The van der Waals surface area contributed by atoms with Crippen LogP contribution in [-0.2, 0) is 4.79 Å². The fourth-order valence-electron chi connectivity index (χ4n) is 2.69. The second-order valence-corrected chi connectivity index (χ2v) is 6.38. The van der Waals surface area contributed by atoms with Gasteiger partial charge in [-0.05, 0) is 24.3 Å². The third-order valence-corrected chi connectivity index (χ3v) is 4.36. The van der Waals surface area contributed by atoms with Crippen LogP contribution in [0.4, 0.5) is 11.4 Å². The Morgan fingerprint density at radius 2 is 1.72 bits per heavy atom. The van der Waals surface area contributed by atoms with Gasteiger partial charge in [0.15, 0.2) is 5.75 Å². The van der Waals surface area contributed by atoms with Crippen molar-refractivity contribution < 1.29 is 19.2 Å². The average molecular weight is 413 g/mol. The van der Waals surface area contributed by atoms with Gasteiger partial charge in [-0.15, -0.1) is 0 Å². The number of para-hydroxylation sites is 2. The van der Waals surface area contributed by atoms with E-state index >= 15 is 0 Å². The van der Waals surface area contributed by atoms with Crippen molar-refractivity contribution in [2.45, 2.75) is 6.10 Å². The number of carbonyl (C=O) groups is 1. The largest absolute Gasteiger partial charge is 0.495 e. The SMILES string of the molecule is COc1ccc(NC(=O)C(Oc2ccccc2[N+](=O)[O-])c2ccccc2)cc1Cl. The van der Waals surface area contributed by atoms with E-state index in [9.17, 15) is 14.9 Å². The normalized spacial score (nSPS) is 11.4. The molecule has 1 unspecified atom stereocenters. The maximum absolute atomic E-state index is 13.0. The van der Waals surface area contributed by atoms with Crippen LogP contribution in [0.1, 0.15) is 11.7 Å². The van der Waals surface area contributed by atoms with Crippen molar-refractivity contribution >= 4 is 28.9 Å². The molecule has 0 radical (unpaired) electrons. The highest BCUT2D eigenvalue weighted by molar-refractivity contribution is 6.32. The highest BCUT2D eigenvalue weighted by Crippen LogP contribution is 2.32. The highest BCUT2D eigenvalue weighted by Gasteiger charge is 2.26. The lowest BCUT2D eigenvalue weighted by molar-refractivity contribution is -0.386. The van der Waals surface area contributed by atoms with E-state index in [0.717, 1.165) is 0 Å². The minimum absolute atomic E-state index is 0.00531. The van der Waals surface area contributed by atoms with Crippen molar-refractivity contribution in [3.05, 3.63) is 93.5 Å². The Bertz CT molecular complexity index is 1030. The van der Waals surface area contributed by atoms with E-state index in [0.29, 0.717) is 22.0 Å². The predicted molar refractivity (Wildman–Crippen MR) is 110 cm³/mol. The van der Waals surface area contributed by atoms with Gasteiger partial charge in [0.2, 0.25) is 6.10 Å². The summed E-state index contributed by atoms with van der Waals surface area (Å²) in [6.45, 7) is 0. The van der Waals surface area contributed by atoms with Crippen molar-refractivity contribution in [1.29, 1.82) is 0 Å². The van der Waals surface area contributed by atoms with Crippen LogP contribution in [0.25, 0.3) is 0 Å². The molecule has 0 aromatic heterocycles. The zero-order valence-corrected chi connectivity index (χ0v) is 16.1. The van der Waals surface area contributed by atoms with Crippen LogP contribution >= 0.6 is 11.6 Å². The van der Waals surface area contributed by atoms with Crippen molar-refractivity contribution in [2.24, 2.45) is 0 Å². The Morgan fingerprint density at radius 3 is 2.38 bits per heavy atom. The molecule has 0 bridgehead atoms. The first-order valence-corrected chi connectivity index (χ1v) is 8.97. The summed E-state index contributed by atoms with van der Waals surface area (Å²) < 4.78 is 10.9. The van der Waals surface area contributed by atoms with Gasteiger partial charge in [0.1, 0.15) is 5.75 Å². The van der Waals surface area contributed by atoms with Crippen molar-refractivity contribution in [3.63, 3.8) is 0 Å². The standard InChI is InChI=1S/C21H17ClN2O5/c1-28-18-12-11-15(13-16(18)22)23-21(25)20(14-7-3-2-4-8-14)29-19-10-6-5-9-17(19)24(26)27/h2-13,20H,1H3,(H,23,25). The second-order valence-electron chi connectivity index (χ2n) is 5.97. The summed E-state index contributed by atoms with van der Waals surface area (Å²) in [5.74, 6) is -0.0368. The number of nitrogens with one attached hydrogen (secondary N) is 1.